The Bertz CT molecular complexity index is 1050. The number of aliphatic hydroxyl groups is 12. The molecule has 4 saturated heterocycles. The zero-order valence-electron chi connectivity index (χ0n) is 26.4. The molecule has 20 atom stereocenters. The molecule has 49 heavy (non-hydrogen) atoms. The van der Waals surface area contributed by atoms with Crippen LogP contribution >= 0.6 is 0 Å². The van der Waals surface area contributed by atoms with Crippen LogP contribution in [0, 0.1) is 0 Å². The highest BCUT2D eigenvalue weighted by atomic mass is 16.8. The van der Waals surface area contributed by atoms with E-state index >= 15 is 0 Å². The van der Waals surface area contributed by atoms with Crippen LogP contribution in [-0.2, 0) is 42.7 Å². The zero-order chi connectivity index (χ0) is 36.3. The van der Waals surface area contributed by atoms with Gasteiger partial charge in [-0.05, 0) is 0 Å². The van der Waals surface area contributed by atoms with Gasteiger partial charge in [0.2, 0.25) is 5.91 Å². The van der Waals surface area contributed by atoms with Gasteiger partial charge in [0, 0.05) is 14.0 Å². The van der Waals surface area contributed by atoms with Crippen LogP contribution in [-0.4, -0.2) is 223 Å². The number of aliphatic hydroxyl groups excluding tert-OH is 12. The van der Waals surface area contributed by atoms with Crippen LogP contribution in [0.5, 0.6) is 0 Å². The van der Waals surface area contributed by atoms with E-state index in [1.165, 1.54) is 7.11 Å². The lowest BCUT2D eigenvalue weighted by molar-refractivity contribution is -0.383. The van der Waals surface area contributed by atoms with E-state index < -0.39 is 155 Å². The summed E-state index contributed by atoms with van der Waals surface area (Å²) < 4.78 is 44.2. The van der Waals surface area contributed by atoms with E-state index in [-0.39, 0.29) is 0 Å². The van der Waals surface area contributed by atoms with Gasteiger partial charge in [0.05, 0.1) is 26.4 Å². The summed E-state index contributed by atoms with van der Waals surface area (Å²) in [5, 5.41) is 127. The van der Waals surface area contributed by atoms with Gasteiger partial charge < -0.3 is 104 Å². The molecule has 4 heterocycles. The first kappa shape index (κ1) is 40.4. The Kier molecular flexibility index (Phi) is 14.4. The van der Waals surface area contributed by atoms with Crippen molar-refractivity contribution in [1.82, 2.24) is 5.32 Å². The van der Waals surface area contributed by atoms with Gasteiger partial charge in [-0.1, -0.05) is 0 Å². The van der Waals surface area contributed by atoms with Gasteiger partial charge in [0.25, 0.3) is 0 Å². The van der Waals surface area contributed by atoms with Crippen LogP contribution in [0.15, 0.2) is 0 Å². The van der Waals surface area contributed by atoms with Crippen LogP contribution < -0.4 is 5.32 Å². The zero-order valence-corrected chi connectivity index (χ0v) is 26.4. The molecule has 1 amide bonds. The molecule has 22 heteroatoms. The maximum Gasteiger partial charge on any atom is 0.217 e. The Morgan fingerprint density at radius 1 is 0.571 bits per heavy atom. The Morgan fingerprint density at radius 2 is 1.06 bits per heavy atom. The third-order valence-electron chi connectivity index (χ3n) is 8.84. The quantitative estimate of drug-likeness (QED) is 0.0889. The summed E-state index contributed by atoms with van der Waals surface area (Å²) >= 11 is 0. The van der Waals surface area contributed by atoms with Crippen molar-refractivity contribution in [1.29, 1.82) is 0 Å². The molecule has 0 aliphatic carbocycles. The summed E-state index contributed by atoms with van der Waals surface area (Å²) in [6.07, 6.45) is -32.1. The lowest BCUT2D eigenvalue weighted by Crippen LogP contribution is -2.68. The standard InChI is InChI=1S/C27H47NO21/c1-7(32)28-12-17(37)13(33)8(3-29)45-25(12)49-23-19(39)15(35)10(5-31)47-27(23)48-21-16(36)11(44-24(41)20(21)40)6-43-26-22(42-2)18(38)14(34)9(4-30)46-26/h8-27,29-31,33-41H,3-6H2,1-2H3,(H,28,32)/t8-,9-,10-,11-,12-,13-,14-,15-,16-,17-,18+,19+,20+,21+,22+,23+,24-,25+,26+,27-/m1/s1. The van der Waals surface area contributed by atoms with Crippen molar-refractivity contribution < 1.29 is 104 Å². The number of nitrogens with one attached hydrogen (secondary N) is 1. The molecule has 0 unspecified atom stereocenters. The number of rotatable bonds is 12. The summed E-state index contributed by atoms with van der Waals surface area (Å²) in [7, 11) is 1.19. The predicted molar refractivity (Wildman–Crippen MR) is 150 cm³/mol. The SMILES string of the molecule is CO[C@@H]1[C@@H](OC[C@H]2O[C@@H](O)[C@@H](O)[C@@H](O[C@H]3O[C@H](CO)[C@@H](O)[C@H](O)[C@@H]3O[C@@H]3O[C@H](CO)[C@@H](O)[C@H](O)[C@H]3NC(C)=O)[C@@H]2O)O[C@H](CO)[C@@H](O)[C@@H]1O. The molecule has 0 bridgehead atoms. The van der Waals surface area contributed by atoms with Crippen LogP contribution in [0.2, 0.25) is 0 Å². The van der Waals surface area contributed by atoms with Gasteiger partial charge in [-0.2, -0.15) is 0 Å². The molecule has 0 aromatic carbocycles. The van der Waals surface area contributed by atoms with Crippen molar-refractivity contribution in [2.45, 2.75) is 130 Å². The fourth-order valence-corrected chi connectivity index (χ4v) is 6.05. The summed E-state index contributed by atoms with van der Waals surface area (Å²) in [5.41, 5.74) is 0. The highest BCUT2D eigenvalue weighted by Crippen LogP contribution is 2.33. The molecule has 4 fully saturated rings. The first-order valence-corrected chi connectivity index (χ1v) is 15.5. The monoisotopic (exact) mass is 721 g/mol. The molecule has 0 spiro atoms. The number of ether oxygens (including phenoxy) is 8. The fourth-order valence-electron chi connectivity index (χ4n) is 6.05. The van der Waals surface area contributed by atoms with Crippen LogP contribution in [0.3, 0.4) is 0 Å². The average molecular weight is 722 g/mol. The van der Waals surface area contributed by atoms with Crippen molar-refractivity contribution in [3.63, 3.8) is 0 Å². The lowest BCUT2D eigenvalue weighted by Gasteiger charge is -2.49. The Labute approximate surface area is 278 Å². The molecule has 0 aromatic heterocycles. The van der Waals surface area contributed by atoms with Gasteiger partial charge in [0.1, 0.15) is 97.6 Å². The van der Waals surface area contributed by atoms with Crippen LogP contribution in [0.4, 0.5) is 0 Å². The van der Waals surface area contributed by atoms with Gasteiger partial charge in [-0.15, -0.1) is 0 Å². The first-order valence-electron chi connectivity index (χ1n) is 15.5. The number of hydrogen-bond acceptors (Lipinski definition) is 21. The molecule has 0 radical (unpaired) electrons. The van der Waals surface area contributed by atoms with E-state index in [1.807, 2.05) is 0 Å². The molecule has 0 aromatic rings. The molecule has 22 nitrogen and oxygen atoms in total. The maximum absolute atomic E-state index is 11.9. The minimum atomic E-state index is -2.04. The van der Waals surface area contributed by atoms with Gasteiger partial charge in [-0.3, -0.25) is 4.79 Å². The summed E-state index contributed by atoms with van der Waals surface area (Å²) in [5.74, 6) is -0.701. The first-order chi connectivity index (χ1) is 23.2. The topological polar surface area (TPSA) is 346 Å². The van der Waals surface area contributed by atoms with E-state index in [2.05, 4.69) is 5.32 Å². The normalized spacial score (nSPS) is 49.4. The second kappa shape index (κ2) is 17.5. The van der Waals surface area contributed by atoms with Crippen molar-refractivity contribution in [2.75, 3.05) is 33.5 Å². The summed E-state index contributed by atoms with van der Waals surface area (Å²) in [4.78, 5) is 11.9. The second-order valence-corrected chi connectivity index (χ2v) is 12.1. The average Bonchev–Trinajstić information content (AvgIpc) is 3.07. The minimum Gasteiger partial charge on any atom is -0.394 e. The van der Waals surface area contributed by atoms with Crippen LogP contribution in [0.1, 0.15) is 6.92 Å². The predicted octanol–water partition coefficient (Wildman–Crippen LogP) is -8.95. The molecule has 4 rings (SSSR count). The largest absolute Gasteiger partial charge is 0.394 e. The minimum absolute atomic E-state index is 0.626. The van der Waals surface area contributed by atoms with Gasteiger partial charge in [0.15, 0.2) is 25.2 Å². The third-order valence-corrected chi connectivity index (χ3v) is 8.84. The molecule has 286 valence electrons. The van der Waals surface area contributed by atoms with E-state index in [0.29, 0.717) is 0 Å². The molecular weight excluding hydrogens is 674 g/mol. The molecular formula is C27H47NO21. The van der Waals surface area contributed by atoms with E-state index in [9.17, 15) is 66.1 Å². The van der Waals surface area contributed by atoms with Gasteiger partial charge in [-0.25, -0.2) is 0 Å². The van der Waals surface area contributed by atoms with Crippen molar-refractivity contribution in [2.24, 2.45) is 0 Å². The van der Waals surface area contributed by atoms with E-state index in [1.54, 1.807) is 0 Å². The number of carbonyl (C=O) groups excluding carboxylic acids is 1. The lowest BCUT2D eigenvalue weighted by atomic mass is 9.95. The summed E-state index contributed by atoms with van der Waals surface area (Å²) in [6, 6.07) is -1.51. The molecule has 13 N–H and O–H groups in total. The Morgan fingerprint density at radius 3 is 1.59 bits per heavy atom. The number of methoxy groups -OCH3 is 1. The Balaban J connectivity index is 1.54. The molecule has 4 aliphatic heterocycles. The van der Waals surface area contributed by atoms with Crippen molar-refractivity contribution in [3.05, 3.63) is 0 Å². The fraction of sp³-hybridized carbons (Fsp3) is 0.963. The highest BCUT2D eigenvalue weighted by Gasteiger charge is 2.54. The number of amides is 1. The molecule has 4 aliphatic rings. The smallest absolute Gasteiger partial charge is 0.217 e. The third kappa shape index (κ3) is 8.66. The van der Waals surface area contributed by atoms with E-state index in [4.69, 9.17) is 37.9 Å². The molecule has 0 saturated carbocycles. The van der Waals surface area contributed by atoms with Gasteiger partial charge >= 0.3 is 0 Å². The van der Waals surface area contributed by atoms with Crippen LogP contribution in [0.25, 0.3) is 0 Å². The Hall–Kier alpha value is -1.33. The maximum atomic E-state index is 11.9. The van der Waals surface area contributed by atoms with Crippen molar-refractivity contribution >= 4 is 5.91 Å². The number of hydrogen-bond donors (Lipinski definition) is 13. The van der Waals surface area contributed by atoms with Crippen molar-refractivity contribution in [3.8, 4) is 0 Å². The number of carbonyl (C=O) groups is 1. The highest BCUT2D eigenvalue weighted by molar-refractivity contribution is 5.73. The van der Waals surface area contributed by atoms with E-state index in [0.717, 1.165) is 6.92 Å². The second-order valence-electron chi connectivity index (χ2n) is 12.1. The summed E-state index contributed by atoms with van der Waals surface area (Å²) in [6.45, 7) is -1.93.